The van der Waals surface area contributed by atoms with E-state index in [2.05, 4.69) is 11.7 Å². The number of rotatable bonds is 5. The molecule has 0 aromatic heterocycles. The molecule has 3 aromatic carbocycles. The minimum absolute atomic E-state index is 0.204. The van der Waals surface area contributed by atoms with Crippen LogP contribution in [0, 0.1) is 17.5 Å². The highest BCUT2D eigenvalue weighted by molar-refractivity contribution is 5.81. The molecule has 0 atom stereocenters. The topological polar surface area (TPSA) is 9.23 Å². The lowest BCUT2D eigenvalue weighted by Crippen LogP contribution is -2.17. The molecular weight excluding hydrogens is 418 g/mol. The van der Waals surface area contributed by atoms with Gasteiger partial charge in [0.15, 0.2) is 11.6 Å². The third-order valence-corrected chi connectivity index (χ3v) is 5.41. The molecular formula is C24H18F6O. The Bertz CT molecular complexity index is 1150. The maximum Gasteiger partial charge on any atom is 0.573 e. The first-order valence-electron chi connectivity index (χ1n) is 9.86. The van der Waals surface area contributed by atoms with Crippen molar-refractivity contribution < 1.29 is 31.1 Å². The minimum Gasteiger partial charge on any atom is -0.403 e. The smallest absolute Gasteiger partial charge is 0.403 e. The molecule has 0 spiro atoms. The van der Waals surface area contributed by atoms with Crippen LogP contribution >= 0.6 is 0 Å². The first-order valence-corrected chi connectivity index (χ1v) is 9.86. The molecule has 0 saturated carbocycles. The van der Waals surface area contributed by atoms with Gasteiger partial charge < -0.3 is 4.74 Å². The zero-order valence-electron chi connectivity index (χ0n) is 16.5. The summed E-state index contributed by atoms with van der Waals surface area (Å²) >= 11 is 0. The molecule has 0 heterocycles. The van der Waals surface area contributed by atoms with E-state index in [0.717, 1.165) is 42.0 Å². The first-order chi connectivity index (χ1) is 14.7. The average molecular weight is 436 g/mol. The van der Waals surface area contributed by atoms with Gasteiger partial charge in [-0.2, -0.15) is 0 Å². The summed E-state index contributed by atoms with van der Waals surface area (Å²) < 4.78 is 84.9. The van der Waals surface area contributed by atoms with Crippen LogP contribution in [0.3, 0.4) is 0 Å². The van der Waals surface area contributed by atoms with E-state index in [4.69, 9.17) is 0 Å². The minimum atomic E-state index is -5.08. The highest BCUT2D eigenvalue weighted by Crippen LogP contribution is 2.43. The van der Waals surface area contributed by atoms with Crippen molar-refractivity contribution in [3.8, 4) is 28.0 Å². The quantitative estimate of drug-likeness (QED) is 0.293. The number of ether oxygens (including phenoxy) is 1. The second-order valence-electron chi connectivity index (χ2n) is 7.54. The van der Waals surface area contributed by atoms with Gasteiger partial charge in [0.05, 0.1) is 5.56 Å². The fourth-order valence-corrected chi connectivity index (χ4v) is 3.98. The van der Waals surface area contributed by atoms with Crippen molar-refractivity contribution >= 4 is 0 Å². The Hall–Kier alpha value is -2.96. The van der Waals surface area contributed by atoms with Crippen LogP contribution in [0.4, 0.5) is 26.3 Å². The van der Waals surface area contributed by atoms with Crippen LogP contribution in [0.25, 0.3) is 22.3 Å². The van der Waals surface area contributed by atoms with Crippen LogP contribution in [0.5, 0.6) is 5.75 Å². The largest absolute Gasteiger partial charge is 0.573 e. The van der Waals surface area contributed by atoms with Gasteiger partial charge in [-0.3, -0.25) is 0 Å². The van der Waals surface area contributed by atoms with Crippen LogP contribution in [0.1, 0.15) is 36.5 Å². The Balaban J connectivity index is 1.72. The van der Waals surface area contributed by atoms with E-state index >= 15 is 4.39 Å². The van der Waals surface area contributed by atoms with E-state index in [-0.39, 0.29) is 17.5 Å². The summed E-state index contributed by atoms with van der Waals surface area (Å²) in [7, 11) is 0. The Morgan fingerprint density at radius 3 is 2.35 bits per heavy atom. The second-order valence-corrected chi connectivity index (χ2v) is 7.54. The second kappa shape index (κ2) is 7.94. The standard InChI is InChI=1S/C24H18F6O/c1-2-3-4-13-5-7-16-15(9-13)10-18-17(16)12-20(26)22(23(18)27)14-6-8-21(19(25)11-14)31-24(28,29)30/h5-9,11-12H,2-4,10H2,1H3. The van der Waals surface area contributed by atoms with Gasteiger partial charge >= 0.3 is 6.36 Å². The van der Waals surface area contributed by atoms with E-state index in [1.165, 1.54) is 6.07 Å². The molecule has 0 fully saturated rings. The lowest BCUT2D eigenvalue weighted by molar-refractivity contribution is -0.275. The molecule has 162 valence electrons. The van der Waals surface area contributed by atoms with E-state index in [1.807, 2.05) is 18.2 Å². The van der Waals surface area contributed by atoms with Crippen molar-refractivity contribution in [2.24, 2.45) is 0 Å². The van der Waals surface area contributed by atoms with Crippen LogP contribution < -0.4 is 4.74 Å². The van der Waals surface area contributed by atoms with Gasteiger partial charge in [-0.05, 0) is 58.9 Å². The zero-order chi connectivity index (χ0) is 22.3. The number of aryl methyl sites for hydroxylation is 1. The van der Waals surface area contributed by atoms with Gasteiger partial charge in [0.1, 0.15) is 11.6 Å². The maximum absolute atomic E-state index is 15.3. The van der Waals surface area contributed by atoms with Crippen molar-refractivity contribution in [2.75, 3.05) is 0 Å². The molecule has 1 aliphatic carbocycles. The average Bonchev–Trinajstić information content (AvgIpc) is 3.05. The van der Waals surface area contributed by atoms with Crippen molar-refractivity contribution in [3.63, 3.8) is 0 Å². The van der Waals surface area contributed by atoms with Crippen LogP contribution in [-0.2, 0) is 12.8 Å². The predicted octanol–water partition coefficient (Wildman–Crippen LogP) is 7.58. The SMILES string of the molecule is CCCCc1ccc2c(c1)Cc1c-2cc(F)c(-c2ccc(OC(F)(F)F)c(F)c2)c1F. The molecule has 0 unspecified atom stereocenters. The lowest BCUT2D eigenvalue weighted by atomic mass is 9.97. The third-order valence-electron chi connectivity index (χ3n) is 5.41. The fraction of sp³-hybridized carbons (Fsp3) is 0.250. The van der Waals surface area contributed by atoms with Gasteiger partial charge in [-0.25, -0.2) is 13.2 Å². The van der Waals surface area contributed by atoms with Crippen LogP contribution in [0.2, 0.25) is 0 Å². The molecule has 7 heteroatoms. The van der Waals surface area contributed by atoms with Crippen LogP contribution in [0.15, 0.2) is 42.5 Å². The summed E-state index contributed by atoms with van der Waals surface area (Å²) in [5.74, 6) is -4.18. The van der Waals surface area contributed by atoms with Gasteiger partial charge in [-0.15, -0.1) is 13.2 Å². The van der Waals surface area contributed by atoms with Gasteiger partial charge in [-0.1, -0.05) is 37.6 Å². The summed E-state index contributed by atoms with van der Waals surface area (Å²) in [6.45, 7) is 2.09. The van der Waals surface area contributed by atoms with E-state index < -0.39 is 35.1 Å². The number of fused-ring (bicyclic) bond motifs is 3. The molecule has 0 radical (unpaired) electrons. The highest BCUT2D eigenvalue weighted by Gasteiger charge is 2.33. The van der Waals surface area contributed by atoms with Crippen molar-refractivity contribution in [2.45, 2.75) is 39.0 Å². The van der Waals surface area contributed by atoms with Crippen LogP contribution in [-0.4, -0.2) is 6.36 Å². The summed E-state index contributed by atoms with van der Waals surface area (Å²) in [5, 5.41) is 0. The van der Waals surface area contributed by atoms with E-state index in [9.17, 15) is 22.0 Å². The number of hydrogen-bond acceptors (Lipinski definition) is 1. The number of unbranched alkanes of at least 4 members (excludes halogenated alkanes) is 1. The van der Waals surface area contributed by atoms with Crippen molar-refractivity contribution in [1.29, 1.82) is 0 Å². The molecule has 1 nitrogen and oxygen atoms in total. The highest BCUT2D eigenvalue weighted by atomic mass is 19.4. The number of benzene rings is 3. The monoisotopic (exact) mass is 436 g/mol. The molecule has 1 aliphatic rings. The number of hydrogen-bond donors (Lipinski definition) is 0. The maximum atomic E-state index is 15.3. The molecule has 4 rings (SSSR count). The van der Waals surface area contributed by atoms with E-state index in [1.54, 1.807) is 0 Å². The summed E-state index contributed by atoms with van der Waals surface area (Å²) in [5.41, 5.74) is 2.80. The Labute approximate surface area is 175 Å². The van der Waals surface area contributed by atoms with Gasteiger partial charge in [0, 0.05) is 12.0 Å². The predicted molar refractivity (Wildman–Crippen MR) is 105 cm³/mol. The third kappa shape index (κ3) is 4.13. The number of alkyl halides is 3. The fourth-order valence-electron chi connectivity index (χ4n) is 3.98. The molecule has 0 aliphatic heterocycles. The van der Waals surface area contributed by atoms with Crippen molar-refractivity contribution in [1.82, 2.24) is 0 Å². The van der Waals surface area contributed by atoms with Gasteiger partial charge in [0.25, 0.3) is 0 Å². The normalized spacial score (nSPS) is 12.6. The number of halogens is 6. The first kappa shape index (κ1) is 21.3. The molecule has 31 heavy (non-hydrogen) atoms. The zero-order valence-corrected chi connectivity index (χ0v) is 16.5. The van der Waals surface area contributed by atoms with Crippen molar-refractivity contribution in [3.05, 3.63) is 76.6 Å². The van der Waals surface area contributed by atoms with Gasteiger partial charge in [0.2, 0.25) is 0 Å². The Morgan fingerprint density at radius 1 is 0.903 bits per heavy atom. The molecule has 0 saturated heterocycles. The Kier molecular flexibility index (Phi) is 5.45. The molecule has 0 amide bonds. The summed E-state index contributed by atoms with van der Waals surface area (Å²) in [6, 6.07) is 9.34. The summed E-state index contributed by atoms with van der Waals surface area (Å²) in [4.78, 5) is 0. The molecule has 3 aromatic rings. The lowest BCUT2D eigenvalue weighted by Gasteiger charge is -2.13. The molecule has 0 bridgehead atoms. The molecule has 0 N–H and O–H groups in total. The Morgan fingerprint density at radius 2 is 1.68 bits per heavy atom. The van der Waals surface area contributed by atoms with E-state index in [0.29, 0.717) is 17.7 Å². The summed E-state index contributed by atoms with van der Waals surface area (Å²) in [6.07, 6.45) is -1.84.